The van der Waals surface area contributed by atoms with Crippen molar-refractivity contribution in [3.8, 4) is 23.8 Å². The molecule has 1 amide bonds. The molecule has 0 unspecified atom stereocenters. The molecule has 0 aromatic heterocycles. The fourth-order valence-electron chi connectivity index (χ4n) is 3.52. The Labute approximate surface area is 239 Å². The van der Waals surface area contributed by atoms with Crippen molar-refractivity contribution < 1.29 is 23.8 Å². The number of halogens is 2. The summed E-state index contributed by atoms with van der Waals surface area (Å²) < 4.78 is 17.0. The van der Waals surface area contributed by atoms with E-state index in [9.17, 15) is 9.59 Å². The maximum atomic E-state index is 12.7. The van der Waals surface area contributed by atoms with E-state index >= 15 is 0 Å². The molecule has 0 fully saturated rings. The molecule has 1 aliphatic heterocycles. The van der Waals surface area contributed by atoms with Crippen LogP contribution in [-0.4, -0.2) is 43.0 Å². The number of hydrogen-bond donors (Lipinski definition) is 3. The number of hydrogen-bond acceptors (Lipinski definition) is 7. The van der Waals surface area contributed by atoms with Crippen LogP contribution in [0.15, 0.2) is 57.2 Å². The van der Waals surface area contributed by atoms with Gasteiger partial charge >= 0.3 is 5.97 Å². The van der Waals surface area contributed by atoms with Crippen LogP contribution in [0.2, 0.25) is 5.02 Å². The van der Waals surface area contributed by atoms with Crippen molar-refractivity contribution in [2.75, 3.05) is 19.8 Å². The van der Waals surface area contributed by atoms with Crippen molar-refractivity contribution in [1.82, 2.24) is 16.1 Å². The lowest BCUT2D eigenvalue weighted by Gasteiger charge is -2.30. The van der Waals surface area contributed by atoms with E-state index in [1.165, 1.54) is 6.21 Å². The molecule has 9 nitrogen and oxygen atoms in total. The summed E-state index contributed by atoms with van der Waals surface area (Å²) >= 11 is 14.9. The zero-order valence-electron chi connectivity index (χ0n) is 20.5. The number of benzene rings is 2. The number of carbonyl (C=O) groups is 2. The van der Waals surface area contributed by atoms with Gasteiger partial charge in [0, 0.05) is 11.3 Å². The predicted molar refractivity (Wildman–Crippen MR) is 152 cm³/mol. The van der Waals surface area contributed by atoms with Crippen molar-refractivity contribution in [2.45, 2.75) is 19.9 Å². The van der Waals surface area contributed by atoms with E-state index in [0.29, 0.717) is 48.5 Å². The van der Waals surface area contributed by atoms with E-state index in [-0.39, 0.29) is 19.8 Å². The van der Waals surface area contributed by atoms with Crippen LogP contribution in [0.1, 0.15) is 31.0 Å². The SMILES string of the molecule is C#CCOc1c(Cl)cc(C=NNC(=O)COc2ccccc2[C@H]2NC(=S)NC(C)=C2C(=O)OCC)cc1Br. The van der Waals surface area contributed by atoms with Crippen molar-refractivity contribution in [3.63, 3.8) is 0 Å². The molecule has 3 N–H and O–H groups in total. The number of carbonyl (C=O) groups excluding carboxylic acids is 2. The van der Waals surface area contributed by atoms with Crippen LogP contribution in [0.4, 0.5) is 0 Å². The molecule has 2 aromatic rings. The Balaban J connectivity index is 1.68. The predicted octanol–water partition coefficient (Wildman–Crippen LogP) is 4.00. The average molecular weight is 620 g/mol. The fourth-order valence-corrected chi connectivity index (χ4v) is 4.78. The van der Waals surface area contributed by atoms with Gasteiger partial charge in [0.25, 0.3) is 5.91 Å². The minimum atomic E-state index is -0.629. The number of esters is 1. The Bertz CT molecular complexity index is 1320. The lowest BCUT2D eigenvalue weighted by molar-refractivity contribution is -0.139. The number of amides is 1. The Kier molecular flexibility index (Phi) is 10.5. The molecule has 2 aromatic carbocycles. The highest BCUT2D eigenvalue weighted by atomic mass is 79.9. The van der Waals surface area contributed by atoms with Gasteiger partial charge in [0.05, 0.1) is 33.9 Å². The lowest BCUT2D eigenvalue weighted by Crippen LogP contribution is -2.45. The first kappa shape index (κ1) is 29.0. The normalized spacial score (nSPS) is 14.8. The molecular weight excluding hydrogens is 596 g/mol. The highest BCUT2D eigenvalue weighted by Gasteiger charge is 2.32. The smallest absolute Gasteiger partial charge is 0.338 e. The number of ether oxygens (including phenoxy) is 3. The Hall–Kier alpha value is -3.59. The second-order valence-corrected chi connectivity index (χ2v) is 9.39. The van der Waals surface area contributed by atoms with Crippen LogP contribution >= 0.6 is 39.7 Å². The highest BCUT2D eigenvalue weighted by Crippen LogP contribution is 2.35. The number of rotatable bonds is 10. The van der Waals surface area contributed by atoms with Crippen LogP contribution in [-0.2, 0) is 14.3 Å². The van der Waals surface area contributed by atoms with Crippen molar-refractivity contribution in [2.24, 2.45) is 5.10 Å². The summed E-state index contributed by atoms with van der Waals surface area (Å²) in [6.07, 6.45) is 6.64. The van der Waals surface area contributed by atoms with Gasteiger partial charge < -0.3 is 24.8 Å². The molecule has 0 aliphatic carbocycles. The Morgan fingerprint density at radius 2 is 2.08 bits per heavy atom. The molecule has 0 bridgehead atoms. The van der Waals surface area contributed by atoms with Crippen LogP contribution in [0.3, 0.4) is 0 Å². The summed E-state index contributed by atoms with van der Waals surface area (Å²) in [5.74, 6) is 2.19. The summed E-state index contributed by atoms with van der Waals surface area (Å²) in [4.78, 5) is 25.1. The van der Waals surface area contributed by atoms with Gasteiger partial charge in [-0.25, -0.2) is 10.2 Å². The number of terminal acetylenes is 1. The molecule has 0 saturated carbocycles. The number of para-hydroxylation sites is 1. The van der Waals surface area contributed by atoms with Gasteiger partial charge in [-0.3, -0.25) is 4.79 Å². The summed E-state index contributed by atoms with van der Waals surface area (Å²) in [6.45, 7) is 3.44. The van der Waals surface area contributed by atoms with Gasteiger partial charge in [-0.1, -0.05) is 35.7 Å². The van der Waals surface area contributed by atoms with Crippen LogP contribution in [0, 0.1) is 12.3 Å². The molecule has 0 spiro atoms. The summed E-state index contributed by atoms with van der Waals surface area (Å²) in [6, 6.07) is 9.73. The number of nitrogens with one attached hydrogen (secondary N) is 3. The molecule has 0 radical (unpaired) electrons. The maximum Gasteiger partial charge on any atom is 0.338 e. The third-order valence-electron chi connectivity index (χ3n) is 5.08. The molecule has 1 aliphatic rings. The summed E-state index contributed by atoms with van der Waals surface area (Å²) in [7, 11) is 0. The number of allylic oxidation sites excluding steroid dienone is 1. The monoisotopic (exact) mass is 618 g/mol. The number of thiocarbonyl (C=S) groups is 1. The topological polar surface area (TPSA) is 110 Å². The number of nitrogens with zero attached hydrogens (tertiary/aromatic N) is 1. The van der Waals surface area contributed by atoms with E-state index in [1.54, 1.807) is 50.2 Å². The van der Waals surface area contributed by atoms with Crippen molar-refractivity contribution in [1.29, 1.82) is 0 Å². The van der Waals surface area contributed by atoms with Gasteiger partial charge in [-0.2, -0.15) is 5.10 Å². The van der Waals surface area contributed by atoms with E-state index in [2.05, 4.69) is 43.0 Å². The quantitative estimate of drug-likeness (QED) is 0.120. The molecule has 0 saturated heterocycles. The van der Waals surface area contributed by atoms with Crippen LogP contribution in [0.25, 0.3) is 0 Å². The lowest BCUT2D eigenvalue weighted by atomic mass is 9.95. The summed E-state index contributed by atoms with van der Waals surface area (Å²) in [5, 5.41) is 10.7. The standard InChI is InChI=1S/C26H24BrClN4O5S/c1-4-10-36-24-18(27)11-16(12-19(24)28)13-29-32-21(33)14-37-20-9-7-6-8-17(20)23-22(25(34)35-5-2)15(3)30-26(38)31-23/h1,6-9,11-13,23H,5,10,14H2,2-3H3,(H,32,33)(H2,30,31,38)/t23-/m1/s1. The van der Waals surface area contributed by atoms with Gasteiger partial charge in [-0.15, -0.1) is 6.42 Å². The van der Waals surface area contributed by atoms with Crippen molar-refractivity contribution in [3.05, 3.63) is 68.3 Å². The second-order valence-electron chi connectivity index (χ2n) is 7.72. The molecule has 12 heteroatoms. The van der Waals surface area contributed by atoms with E-state index in [4.69, 9.17) is 44.5 Å². The first-order valence-electron chi connectivity index (χ1n) is 11.3. The molecule has 3 rings (SSSR count). The average Bonchev–Trinajstić information content (AvgIpc) is 2.87. The summed E-state index contributed by atoms with van der Waals surface area (Å²) in [5.41, 5.74) is 4.57. The second kappa shape index (κ2) is 13.8. The van der Waals surface area contributed by atoms with E-state index < -0.39 is 17.9 Å². The highest BCUT2D eigenvalue weighted by molar-refractivity contribution is 9.10. The molecular formula is C26H24BrClN4O5S. The van der Waals surface area contributed by atoms with Gasteiger partial charge in [0.2, 0.25) is 0 Å². The minimum Gasteiger partial charge on any atom is -0.483 e. The Morgan fingerprint density at radius 3 is 2.79 bits per heavy atom. The largest absolute Gasteiger partial charge is 0.483 e. The molecule has 38 heavy (non-hydrogen) atoms. The van der Waals surface area contributed by atoms with E-state index in [1.807, 2.05) is 0 Å². The van der Waals surface area contributed by atoms with Crippen molar-refractivity contribution >= 4 is 63.0 Å². The van der Waals surface area contributed by atoms with Gasteiger partial charge in [-0.05, 0) is 65.8 Å². The maximum absolute atomic E-state index is 12.7. The minimum absolute atomic E-state index is 0.0748. The van der Waals surface area contributed by atoms with Gasteiger partial charge in [0.1, 0.15) is 12.4 Å². The van der Waals surface area contributed by atoms with Gasteiger partial charge in [0.15, 0.2) is 17.5 Å². The first-order chi connectivity index (χ1) is 18.2. The molecule has 1 atom stereocenters. The zero-order chi connectivity index (χ0) is 27.7. The van der Waals surface area contributed by atoms with E-state index in [0.717, 1.165) is 0 Å². The molecule has 198 valence electrons. The first-order valence-corrected chi connectivity index (χ1v) is 12.9. The fraction of sp³-hybridized carbons (Fsp3) is 0.231. The third kappa shape index (κ3) is 7.47. The van der Waals surface area contributed by atoms with Crippen LogP contribution in [0.5, 0.6) is 11.5 Å². The zero-order valence-corrected chi connectivity index (χ0v) is 23.6. The Morgan fingerprint density at radius 1 is 1.32 bits per heavy atom. The third-order valence-corrected chi connectivity index (χ3v) is 6.17. The number of hydrazone groups is 1. The van der Waals surface area contributed by atoms with Crippen LogP contribution < -0.4 is 25.5 Å². The molecule has 1 heterocycles.